The van der Waals surface area contributed by atoms with E-state index in [9.17, 15) is 4.79 Å². The van der Waals surface area contributed by atoms with E-state index >= 15 is 0 Å². The summed E-state index contributed by atoms with van der Waals surface area (Å²) in [5, 5.41) is 0.793. The highest BCUT2D eigenvalue weighted by atomic mass is 16.5. The fourth-order valence-corrected chi connectivity index (χ4v) is 3.01. The Hall–Kier alpha value is -2.95. The third-order valence-corrected chi connectivity index (χ3v) is 4.17. The van der Waals surface area contributed by atoms with Crippen molar-refractivity contribution in [3.05, 3.63) is 53.3 Å². The van der Waals surface area contributed by atoms with E-state index in [2.05, 4.69) is 0 Å². The largest absolute Gasteiger partial charge is 0.493 e. The van der Waals surface area contributed by atoms with Gasteiger partial charge in [0.25, 0.3) is 0 Å². The van der Waals surface area contributed by atoms with Gasteiger partial charge in [-0.15, -0.1) is 0 Å². The molecule has 0 saturated heterocycles. The van der Waals surface area contributed by atoms with Crippen LogP contribution in [0.2, 0.25) is 0 Å². The Morgan fingerprint density at radius 2 is 1.68 bits per heavy atom. The lowest BCUT2D eigenvalue weighted by Gasteiger charge is -2.15. The molecule has 0 amide bonds. The number of para-hydroxylation sites is 1. The Morgan fingerprint density at radius 3 is 2.32 bits per heavy atom. The van der Waals surface area contributed by atoms with Gasteiger partial charge in [0.1, 0.15) is 11.3 Å². The molecule has 3 rings (SSSR count). The Kier molecular flexibility index (Phi) is 4.65. The number of hydrogen-bond acceptors (Lipinski definition) is 5. The average molecular weight is 340 g/mol. The summed E-state index contributed by atoms with van der Waals surface area (Å²) in [6, 6.07) is 10.9. The lowest BCUT2D eigenvalue weighted by molar-refractivity contribution is 0.103. The molecule has 0 aliphatic carbocycles. The van der Waals surface area contributed by atoms with Crippen molar-refractivity contribution in [1.29, 1.82) is 0 Å². The third kappa shape index (κ3) is 2.71. The molecule has 5 heteroatoms. The van der Waals surface area contributed by atoms with Gasteiger partial charge in [0, 0.05) is 11.8 Å². The maximum absolute atomic E-state index is 13.3. The minimum absolute atomic E-state index is 0.167. The number of carbonyl (C=O) groups is 1. The van der Waals surface area contributed by atoms with Gasteiger partial charge in [-0.2, -0.15) is 0 Å². The first-order valence-electron chi connectivity index (χ1n) is 8.00. The number of aryl methyl sites for hydroxylation is 1. The van der Waals surface area contributed by atoms with Crippen LogP contribution in [0.5, 0.6) is 17.2 Å². The van der Waals surface area contributed by atoms with Crippen LogP contribution in [0.25, 0.3) is 11.0 Å². The Bertz CT molecular complexity index is 923. The molecule has 130 valence electrons. The molecular formula is C20H20O5. The van der Waals surface area contributed by atoms with E-state index in [0.29, 0.717) is 46.1 Å². The van der Waals surface area contributed by atoms with E-state index in [1.165, 1.54) is 21.3 Å². The standard InChI is InChI=1S/C20H20O5/c1-5-14-17(12-8-6-7-9-15(12)25-14)18(21)13-10-11-16(22-2)20(24-4)19(13)23-3/h6-11H,5H2,1-4H3. The number of furan rings is 1. The Balaban J connectivity index is 2.23. The number of hydrogen-bond donors (Lipinski definition) is 0. The highest BCUT2D eigenvalue weighted by molar-refractivity contribution is 6.18. The van der Waals surface area contributed by atoms with Crippen LogP contribution in [-0.2, 0) is 6.42 Å². The Morgan fingerprint density at radius 1 is 0.960 bits per heavy atom. The van der Waals surface area contributed by atoms with Crippen LogP contribution in [0.1, 0.15) is 28.6 Å². The van der Waals surface area contributed by atoms with Crippen molar-refractivity contribution in [2.75, 3.05) is 21.3 Å². The van der Waals surface area contributed by atoms with Gasteiger partial charge < -0.3 is 18.6 Å². The predicted octanol–water partition coefficient (Wildman–Crippen LogP) is 4.25. The zero-order chi connectivity index (χ0) is 18.0. The first-order valence-corrected chi connectivity index (χ1v) is 8.00. The molecular weight excluding hydrogens is 320 g/mol. The minimum Gasteiger partial charge on any atom is -0.493 e. The van der Waals surface area contributed by atoms with Crippen LogP contribution >= 0.6 is 0 Å². The van der Waals surface area contributed by atoms with Gasteiger partial charge in [0.15, 0.2) is 11.5 Å². The highest BCUT2D eigenvalue weighted by Crippen LogP contribution is 2.41. The Labute approximate surface area is 146 Å². The number of ketones is 1. The summed E-state index contributed by atoms with van der Waals surface area (Å²) in [6.45, 7) is 1.96. The molecule has 5 nitrogen and oxygen atoms in total. The molecule has 0 N–H and O–H groups in total. The summed E-state index contributed by atoms with van der Waals surface area (Å²) in [4.78, 5) is 13.3. The topological polar surface area (TPSA) is 57.9 Å². The molecule has 0 saturated carbocycles. The van der Waals surface area contributed by atoms with Crippen molar-refractivity contribution < 1.29 is 23.4 Å². The van der Waals surface area contributed by atoms with Crippen molar-refractivity contribution in [1.82, 2.24) is 0 Å². The summed E-state index contributed by atoms with van der Waals surface area (Å²) >= 11 is 0. The second-order valence-corrected chi connectivity index (χ2v) is 5.46. The first kappa shape index (κ1) is 16.9. The number of methoxy groups -OCH3 is 3. The molecule has 2 aromatic carbocycles. The molecule has 0 aliphatic heterocycles. The summed E-state index contributed by atoms with van der Waals surface area (Å²) in [5.74, 6) is 1.73. The monoisotopic (exact) mass is 340 g/mol. The van der Waals surface area contributed by atoms with Crippen molar-refractivity contribution in [2.24, 2.45) is 0 Å². The number of fused-ring (bicyclic) bond motifs is 1. The van der Waals surface area contributed by atoms with Gasteiger partial charge in [0.05, 0.1) is 32.5 Å². The van der Waals surface area contributed by atoms with Crippen molar-refractivity contribution in [2.45, 2.75) is 13.3 Å². The average Bonchev–Trinajstić information content (AvgIpc) is 3.04. The van der Waals surface area contributed by atoms with Crippen LogP contribution in [0.15, 0.2) is 40.8 Å². The SMILES string of the molecule is CCc1oc2ccccc2c1C(=O)c1ccc(OC)c(OC)c1OC. The van der Waals surface area contributed by atoms with E-state index in [1.54, 1.807) is 12.1 Å². The van der Waals surface area contributed by atoms with Crippen LogP contribution in [-0.4, -0.2) is 27.1 Å². The van der Waals surface area contributed by atoms with Gasteiger partial charge in [-0.3, -0.25) is 4.79 Å². The van der Waals surface area contributed by atoms with E-state index in [-0.39, 0.29) is 5.78 Å². The van der Waals surface area contributed by atoms with Crippen molar-refractivity contribution >= 4 is 16.8 Å². The third-order valence-electron chi connectivity index (χ3n) is 4.17. The van der Waals surface area contributed by atoms with Gasteiger partial charge in [-0.05, 0) is 18.2 Å². The molecule has 0 bridgehead atoms. The second kappa shape index (κ2) is 6.89. The predicted molar refractivity (Wildman–Crippen MR) is 95.1 cm³/mol. The lowest BCUT2D eigenvalue weighted by Crippen LogP contribution is -2.07. The van der Waals surface area contributed by atoms with Gasteiger partial charge in [-0.1, -0.05) is 25.1 Å². The van der Waals surface area contributed by atoms with Gasteiger partial charge in [-0.25, -0.2) is 0 Å². The molecule has 1 heterocycles. The fraction of sp³-hybridized carbons (Fsp3) is 0.250. The zero-order valence-corrected chi connectivity index (χ0v) is 14.7. The minimum atomic E-state index is -0.167. The molecule has 0 atom stereocenters. The molecule has 25 heavy (non-hydrogen) atoms. The molecule has 0 spiro atoms. The molecule has 0 aliphatic rings. The lowest BCUT2D eigenvalue weighted by atomic mass is 9.98. The normalized spacial score (nSPS) is 10.7. The van der Waals surface area contributed by atoms with Crippen LogP contribution in [0.3, 0.4) is 0 Å². The summed E-state index contributed by atoms with van der Waals surface area (Å²) in [5.41, 5.74) is 1.66. The molecule has 3 aromatic rings. The highest BCUT2D eigenvalue weighted by Gasteiger charge is 2.26. The van der Waals surface area contributed by atoms with Crippen LogP contribution in [0, 0.1) is 0 Å². The van der Waals surface area contributed by atoms with Crippen molar-refractivity contribution in [3.63, 3.8) is 0 Å². The van der Waals surface area contributed by atoms with E-state index < -0.39 is 0 Å². The maximum Gasteiger partial charge on any atom is 0.204 e. The fourth-order valence-electron chi connectivity index (χ4n) is 3.01. The van der Waals surface area contributed by atoms with Gasteiger partial charge in [0.2, 0.25) is 11.5 Å². The molecule has 0 radical (unpaired) electrons. The van der Waals surface area contributed by atoms with Crippen LogP contribution in [0.4, 0.5) is 0 Å². The summed E-state index contributed by atoms with van der Waals surface area (Å²) in [6.07, 6.45) is 0.616. The second-order valence-electron chi connectivity index (χ2n) is 5.46. The smallest absolute Gasteiger partial charge is 0.204 e. The molecule has 0 fully saturated rings. The summed E-state index contributed by atoms with van der Waals surface area (Å²) in [7, 11) is 4.55. The van der Waals surface area contributed by atoms with E-state index in [0.717, 1.165) is 5.39 Å². The van der Waals surface area contributed by atoms with E-state index in [4.69, 9.17) is 18.6 Å². The van der Waals surface area contributed by atoms with Crippen molar-refractivity contribution in [3.8, 4) is 17.2 Å². The molecule has 0 unspecified atom stereocenters. The van der Waals surface area contributed by atoms with E-state index in [1.807, 2.05) is 31.2 Å². The quantitative estimate of drug-likeness (QED) is 0.628. The summed E-state index contributed by atoms with van der Waals surface area (Å²) < 4.78 is 22.0. The van der Waals surface area contributed by atoms with Crippen LogP contribution < -0.4 is 14.2 Å². The number of carbonyl (C=O) groups excluding carboxylic acids is 1. The van der Waals surface area contributed by atoms with Gasteiger partial charge >= 0.3 is 0 Å². The zero-order valence-electron chi connectivity index (χ0n) is 14.7. The maximum atomic E-state index is 13.3. The first-order chi connectivity index (χ1) is 12.2. The number of benzene rings is 2. The number of ether oxygens (including phenoxy) is 3. The number of rotatable bonds is 6. The molecule has 1 aromatic heterocycles.